The van der Waals surface area contributed by atoms with Gasteiger partial charge in [-0.2, -0.15) is 0 Å². The number of hydrogen-bond acceptors (Lipinski definition) is 3. The van der Waals surface area contributed by atoms with Crippen molar-refractivity contribution in [2.75, 3.05) is 33.3 Å². The van der Waals surface area contributed by atoms with E-state index >= 15 is 0 Å². The van der Waals surface area contributed by atoms with E-state index in [2.05, 4.69) is 17.1 Å². The van der Waals surface area contributed by atoms with Crippen molar-refractivity contribution in [1.29, 1.82) is 0 Å². The van der Waals surface area contributed by atoms with Gasteiger partial charge in [-0.1, -0.05) is 25.1 Å². The van der Waals surface area contributed by atoms with E-state index in [9.17, 15) is 8.78 Å². The van der Waals surface area contributed by atoms with Gasteiger partial charge in [-0.15, -0.1) is 0 Å². The molecule has 5 heteroatoms. The van der Waals surface area contributed by atoms with Crippen LogP contribution in [0.25, 0.3) is 0 Å². The summed E-state index contributed by atoms with van der Waals surface area (Å²) in [7, 11) is 1.88. The molecule has 1 aromatic carbocycles. The molecule has 0 radical (unpaired) electrons. The smallest absolute Gasteiger partial charge is 0.263 e. The van der Waals surface area contributed by atoms with Crippen LogP contribution in [-0.4, -0.2) is 44.3 Å². The van der Waals surface area contributed by atoms with E-state index in [0.717, 1.165) is 25.1 Å². The Morgan fingerprint density at radius 1 is 1.43 bits per heavy atom. The average molecular weight is 298 g/mol. The van der Waals surface area contributed by atoms with Crippen LogP contribution in [0.3, 0.4) is 0 Å². The summed E-state index contributed by atoms with van der Waals surface area (Å²) < 4.78 is 31.8. The summed E-state index contributed by atoms with van der Waals surface area (Å²) >= 11 is 0. The number of halogens is 2. The van der Waals surface area contributed by atoms with Crippen molar-refractivity contribution in [3.05, 3.63) is 35.4 Å². The predicted molar refractivity (Wildman–Crippen MR) is 79.7 cm³/mol. The van der Waals surface area contributed by atoms with E-state index in [-0.39, 0.29) is 17.7 Å². The van der Waals surface area contributed by atoms with Gasteiger partial charge in [0.25, 0.3) is 6.43 Å². The Morgan fingerprint density at radius 2 is 2.24 bits per heavy atom. The van der Waals surface area contributed by atoms with Gasteiger partial charge in [0, 0.05) is 18.7 Å². The van der Waals surface area contributed by atoms with Crippen molar-refractivity contribution in [3.63, 3.8) is 0 Å². The van der Waals surface area contributed by atoms with Gasteiger partial charge in [-0.3, -0.25) is 4.90 Å². The number of nitrogens with one attached hydrogen (secondary N) is 1. The molecule has 0 amide bonds. The van der Waals surface area contributed by atoms with Gasteiger partial charge in [0.1, 0.15) is 0 Å². The molecule has 3 nitrogen and oxygen atoms in total. The average Bonchev–Trinajstić information content (AvgIpc) is 2.48. The quantitative estimate of drug-likeness (QED) is 0.874. The minimum atomic E-state index is -2.43. The molecule has 1 heterocycles. The second kappa shape index (κ2) is 7.82. The van der Waals surface area contributed by atoms with Crippen LogP contribution in [0.5, 0.6) is 0 Å². The summed E-state index contributed by atoms with van der Waals surface area (Å²) in [5, 5.41) is 3.14. The molecule has 1 aliphatic rings. The van der Waals surface area contributed by atoms with E-state index in [4.69, 9.17) is 4.74 Å². The van der Waals surface area contributed by atoms with Gasteiger partial charge < -0.3 is 10.1 Å². The molecule has 2 atom stereocenters. The third kappa shape index (κ3) is 3.99. The van der Waals surface area contributed by atoms with Gasteiger partial charge >= 0.3 is 0 Å². The Kier molecular flexibility index (Phi) is 6.08. The van der Waals surface area contributed by atoms with Crippen molar-refractivity contribution in [2.45, 2.75) is 31.9 Å². The first-order chi connectivity index (χ1) is 10.2. The number of alkyl halides is 2. The number of ether oxygens (including phenoxy) is 1. The molecule has 21 heavy (non-hydrogen) atoms. The first kappa shape index (κ1) is 16.3. The van der Waals surface area contributed by atoms with E-state index in [0.29, 0.717) is 13.2 Å². The Morgan fingerprint density at radius 3 is 2.90 bits per heavy atom. The van der Waals surface area contributed by atoms with E-state index in [1.165, 1.54) is 6.07 Å². The summed E-state index contributed by atoms with van der Waals surface area (Å²) in [5.41, 5.74) is 0.999. The molecule has 0 spiro atoms. The highest BCUT2D eigenvalue weighted by molar-refractivity contribution is 5.28. The van der Waals surface area contributed by atoms with Gasteiger partial charge in [0.2, 0.25) is 0 Å². The highest BCUT2D eigenvalue weighted by Gasteiger charge is 2.33. The number of benzene rings is 1. The predicted octanol–water partition coefficient (Wildman–Crippen LogP) is 3.00. The Hall–Kier alpha value is -1.04. The lowest BCUT2D eigenvalue weighted by Gasteiger charge is -2.41. The molecule has 0 bridgehead atoms. The van der Waals surface area contributed by atoms with Gasteiger partial charge in [0.05, 0.1) is 18.8 Å². The number of rotatable bonds is 6. The summed E-state index contributed by atoms with van der Waals surface area (Å²) in [4.78, 5) is 2.34. The summed E-state index contributed by atoms with van der Waals surface area (Å²) in [5.74, 6) is 0. The second-order valence-corrected chi connectivity index (χ2v) is 5.42. The van der Waals surface area contributed by atoms with Gasteiger partial charge in [-0.25, -0.2) is 8.78 Å². The molecule has 0 saturated carbocycles. The van der Waals surface area contributed by atoms with E-state index in [1.54, 1.807) is 12.1 Å². The van der Waals surface area contributed by atoms with Crippen LogP contribution in [-0.2, 0) is 4.74 Å². The molecule has 1 aliphatic heterocycles. The number of nitrogens with zero attached hydrogens (tertiary/aromatic N) is 1. The molecular formula is C16H24F2N2O. The van der Waals surface area contributed by atoms with E-state index in [1.807, 2.05) is 13.1 Å². The van der Waals surface area contributed by atoms with Crippen LogP contribution in [0.1, 0.15) is 36.9 Å². The van der Waals surface area contributed by atoms with Crippen LogP contribution < -0.4 is 5.32 Å². The fraction of sp³-hybridized carbons (Fsp3) is 0.625. The third-order valence-electron chi connectivity index (χ3n) is 3.88. The highest BCUT2D eigenvalue weighted by atomic mass is 19.3. The lowest BCUT2D eigenvalue weighted by atomic mass is 9.96. The zero-order valence-corrected chi connectivity index (χ0v) is 12.7. The monoisotopic (exact) mass is 298 g/mol. The minimum Gasteiger partial charge on any atom is -0.374 e. The SMILES string of the molecule is CCCN1CCOC(CNC)C1c1cccc(C(F)F)c1. The largest absolute Gasteiger partial charge is 0.374 e. The van der Waals surface area contributed by atoms with Crippen LogP contribution in [0.4, 0.5) is 8.78 Å². The Labute approximate surface area is 125 Å². The van der Waals surface area contributed by atoms with Crippen molar-refractivity contribution in [1.82, 2.24) is 10.2 Å². The molecule has 1 fully saturated rings. The molecule has 1 saturated heterocycles. The molecule has 1 aromatic rings. The number of likely N-dealkylation sites (N-methyl/N-ethyl adjacent to an activating group) is 1. The summed E-state index contributed by atoms with van der Waals surface area (Å²) in [6.07, 6.45) is -1.41. The minimum absolute atomic E-state index is 0.0109. The Balaban J connectivity index is 2.30. The number of hydrogen-bond donors (Lipinski definition) is 1. The standard InChI is InChI=1S/C16H24F2N2O/c1-3-7-20-8-9-21-14(11-19-2)15(20)12-5-4-6-13(10-12)16(17)18/h4-6,10,14-16,19H,3,7-9,11H2,1-2H3. The van der Waals surface area contributed by atoms with Gasteiger partial charge in [0.15, 0.2) is 0 Å². The maximum atomic E-state index is 12.9. The molecule has 2 unspecified atom stereocenters. The topological polar surface area (TPSA) is 24.5 Å². The molecule has 118 valence electrons. The van der Waals surface area contributed by atoms with Crippen LogP contribution >= 0.6 is 0 Å². The first-order valence-corrected chi connectivity index (χ1v) is 7.55. The fourth-order valence-corrected chi connectivity index (χ4v) is 3.00. The maximum Gasteiger partial charge on any atom is 0.263 e. The van der Waals surface area contributed by atoms with Gasteiger partial charge in [-0.05, 0) is 31.6 Å². The number of morpholine rings is 1. The van der Waals surface area contributed by atoms with Crippen LogP contribution in [0, 0.1) is 0 Å². The second-order valence-electron chi connectivity index (χ2n) is 5.42. The Bertz CT molecular complexity index is 424. The first-order valence-electron chi connectivity index (χ1n) is 7.55. The normalized spacial score (nSPS) is 23.7. The van der Waals surface area contributed by atoms with Crippen molar-refractivity contribution in [2.24, 2.45) is 0 Å². The van der Waals surface area contributed by atoms with Crippen molar-refractivity contribution >= 4 is 0 Å². The summed E-state index contributed by atoms with van der Waals surface area (Å²) in [6.45, 7) is 5.33. The molecule has 1 N–H and O–H groups in total. The fourth-order valence-electron chi connectivity index (χ4n) is 3.00. The zero-order valence-electron chi connectivity index (χ0n) is 12.7. The third-order valence-corrected chi connectivity index (χ3v) is 3.88. The lowest BCUT2D eigenvalue weighted by Crippen LogP contribution is -2.48. The lowest BCUT2D eigenvalue weighted by molar-refractivity contribution is -0.0705. The molecule has 0 aliphatic carbocycles. The van der Waals surface area contributed by atoms with Crippen molar-refractivity contribution < 1.29 is 13.5 Å². The van der Waals surface area contributed by atoms with Crippen LogP contribution in [0.15, 0.2) is 24.3 Å². The molecule has 2 rings (SSSR count). The molecule has 0 aromatic heterocycles. The maximum absolute atomic E-state index is 12.9. The van der Waals surface area contributed by atoms with Crippen LogP contribution in [0.2, 0.25) is 0 Å². The van der Waals surface area contributed by atoms with E-state index < -0.39 is 6.43 Å². The molecular weight excluding hydrogens is 274 g/mol. The van der Waals surface area contributed by atoms with Crippen molar-refractivity contribution in [3.8, 4) is 0 Å². The highest BCUT2D eigenvalue weighted by Crippen LogP contribution is 2.31. The zero-order chi connectivity index (χ0) is 15.2. The summed E-state index contributed by atoms with van der Waals surface area (Å²) in [6, 6.07) is 6.78.